The van der Waals surface area contributed by atoms with Gasteiger partial charge in [0.05, 0.1) is 0 Å². The van der Waals surface area contributed by atoms with Gasteiger partial charge in [0.25, 0.3) is 5.91 Å². The van der Waals surface area contributed by atoms with Crippen molar-refractivity contribution in [1.82, 2.24) is 0 Å². The van der Waals surface area contributed by atoms with Gasteiger partial charge in [-0.15, -0.1) is 0 Å². The zero-order chi connectivity index (χ0) is 9.02. The van der Waals surface area contributed by atoms with Crippen molar-refractivity contribution in [3.05, 3.63) is 0 Å². The van der Waals surface area contributed by atoms with Crippen LogP contribution < -0.4 is 5.73 Å². The average molecular weight is 159 g/mol. The van der Waals surface area contributed by atoms with Gasteiger partial charge in [-0.1, -0.05) is 13.8 Å². The van der Waals surface area contributed by atoms with E-state index in [0.29, 0.717) is 0 Å². The van der Waals surface area contributed by atoms with Crippen LogP contribution in [0, 0.1) is 5.92 Å². The van der Waals surface area contributed by atoms with E-state index < -0.39 is 17.8 Å². The van der Waals surface area contributed by atoms with Gasteiger partial charge >= 0.3 is 0 Å². The highest BCUT2D eigenvalue weighted by atomic mass is 16.3. The first-order chi connectivity index (χ1) is 4.95. The van der Waals surface area contributed by atoms with Crippen LogP contribution in [-0.2, 0) is 9.59 Å². The molecule has 3 N–H and O–H groups in total. The fraction of sp³-hybridized carbons (Fsp3) is 0.714. The zero-order valence-electron chi connectivity index (χ0n) is 6.70. The van der Waals surface area contributed by atoms with E-state index in [1.807, 2.05) is 13.8 Å². The molecule has 0 bridgehead atoms. The molecule has 0 aliphatic heterocycles. The minimum atomic E-state index is -1.63. The summed E-state index contributed by atoms with van der Waals surface area (Å²) in [5.74, 6) is -1.35. The van der Waals surface area contributed by atoms with Crippen molar-refractivity contribution in [1.29, 1.82) is 0 Å². The number of aliphatic hydroxyl groups excluding tert-OH is 1. The average Bonchev–Trinajstić information content (AvgIpc) is 1.84. The Bertz CT molecular complexity index is 165. The smallest absolute Gasteiger partial charge is 0.254 e. The van der Waals surface area contributed by atoms with Crippen LogP contribution in [0.3, 0.4) is 0 Å². The van der Waals surface area contributed by atoms with Crippen LogP contribution in [0.1, 0.15) is 20.3 Å². The molecule has 0 saturated carbocycles. The molecule has 0 aromatic carbocycles. The lowest BCUT2D eigenvalue weighted by atomic mass is 10.0. The largest absolute Gasteiger partial charge is 0.376 e. The molecule has 0 aromatic rings. The lowest BCUT2D eigenvalue weighted by Crippen LogP contribution is -2.36. The minimum absolute atomic E-state index is 0.136. The Morgan fingerprint density at radius 2 is 1.91 bits per heavy atom. The molecule has 11 heavy (non-hydrogen) atoms. The molecule has 0 fully saturated rings. The van der Waals surface area contributed by atoms with Crippen molar-refractivity contribution in [2.45, 2.75) is 26.4 Å². The predicted molar refractivity (Wildman–Crippen MR) is 39.7 cm³/mol. The van der Waals surface area contributed by atoms with E-state index in [9.17, 15) is 9.59 Å². The molecule has 0 heterocycles. The van der Waals surface area contributed by atoms with Gasteiger partial charge in [0.1, 0.15) is 0 Å². The van der Waals surface area contributed by atoms with Crippen molar-refractivity contribution in [2.24, 2.45) is 11.7 Å². The maximum absolute atomic E-state index is 10.8. The predicted octanol–water partition coefficient (Wildman–Crippen LogP) is -0.552. The SMILES string of the molecule is CC(C)CC(=O)C(O)C(N)=O. The number of amides is 1. The van der Waals surface area contributed by atoms with Crippen LogP contribution in [0.15, 0.2) is 0 Å². The normalized spacial score (nSPS) is 13.1. The fourth-order valence-corrected chi connectivity index (χ4v) is 0.673. The summed E-state index contributed by atoms with van der Waals surface area (Å²) in [6.45, 7) is 3.65. The molecular weight excluding hydrogens is 146 g/mol. The first-order valence-electron chi connectivity index (χ1n) is 3.45. The number of nitrogens with two attached hydrogens (primary N) is 1. The van der Waals surface area contributed by atoms with Gasteiger partial charge < -0.3 is 10.8 Å². The van der Waals surface area contributed by atoms with Crippen LogP contribution in [-0.4, -0.2) is 22.9 Å². The Labute approximate surface area is 65.4 Å². The summed E-state index contributed by atoms with van der Waals surface area (Å²) in [7, 11) is 0. The molecule has 1 amide bonds. The first-order valence-corrected chi connectivity index (χ1v) is 3.45. The molecule has 0 saturated heterocycles. The van der Waals surface area contributed by atoms with E-state index in [4.69, 9.17) is 10.8 Å². The number of rotatable bonds is 4. The van der Waals surface area contributed by atoms with Gasteiger partial charge in [0.15, 0.2) is 11.9 Å². The number of hydrogen-bond acceptors (Lipinski definition) is 3. The van der Waals surface area contributed by atoms with Crippen LogP contribution in [0.4, 0.5) is 0 Å². The summed E-state index contributed by atoms with van der Waals surface area (Å²) in [6.07, 6.45) is -1.44. The fourth-order valence-electron chi connectivity index (χ4n) is 0.673. The van der Waals surface area contributed by atoms with Gasteiger partial charge in [-0.3, -0.25) is 9.59 Å². The summed E-state index contributed by atoms with van der Waals surface area (Å²) < 4.78 is 0. The lowest BCUT2D eigenvalue weighted by Gasteiger charge is -2.06. The van der Waals surface area contributed by atoms with Crippen LogP contribution >= 0.6 is 0 Å². The van der Waals surface area contributed by atoms with Crippen molar-refractivity contribution in [3.63, 3.8) is 0 Å². The minimum Gasteiger partial charge on any atom is -0.376 e. The van der Waals surface area contributed by atoms with Crippen LogP contribution in [0.5, 0.6) is 0 Å². The number of carbonyl (C=O) groups is 2. The molecule has 0 aromatic heterocycles. The quantitative estimate of drug-likeness (QED) is 0.540. The van der Waals surface area contributed by atoms with Gasteiger partial charge in [0, 0.05) is 6.42 Å². The Morgan fingerprint density at radius 1 is 1.45 bits per heavy atom. The second-order valence-corrected chi connectivity index (χ2v) is 2.87. The van der Waals surface area contributed by atoms with E-state index in [0.717, 1.165) is 0 Å². The van der Waals surface area contributed by atoms with Gasteiger partial charge in [-0.05, 0) is 5.92 Å². The molecule has 0 aliphatic rings. The summed E-state index contributed by atoms with van der Waals surface area (Å²) >= 11 is 0. The highest BCUT2D eigenvalue weighted by molar-refractivity contribution is 6.03. The van der Waals surface area contributed by atoms with Crippen LogP contribution in [0.25, 0.3) is 0 Å². The van der Waals surface area contributed by atoms with Crippen LogP contribution in [0.2, 0.25) is 0 Å². The Morgan fingerprint density at radius 3 is 2.18 bits per heavy atom. The lowest BCUT2D eigenvalue weighted by molar-refractivity contribution is -0.138. The molecule has 0 radical (unpaired) electrons. The van der Waals surface area contributed by atoms with Crippen molar-refractivity contribution in [2.75, 3.05) is 0 Å². The third-order valence-electron chi connectivity index (χ3n) is 1.18. The molecule has 0 rings (SSSR count). The highest BCUT2D eigenvalue weighted by Gasteiger charge is 2.20. The van der Waals surface area contributed by atoms with E-state index in [2.05, 4.69) is 0 Å². The summed E-state index contributed by atoms with van der Waals surface area (Å²) in [5.41, 5.74) is 4.70. The van der Waals surface area contributed by atoms with Crippen molar-refractivity contribution in [3.8, 4) is 0 Å². The van der Waals surface area contributed by atoms with E-state index in [1.165, 1.54) is 0 Å². The van der Waals surface area contributed by atoms with Gasteiger partial charge in [-0.2, -0.15) is 0 Å². The number of aliphatic hydroxyl groups is 1. The Hall–Kier alpha value is -0.900. The van der Waals surface area contributed by atoms with Crippen molar-refractivity contribution < 1.29 is 14.7 Å². The number of hydrogen-bond donors (Lipinski definition) is 2. The van der Waals surface area contributed by atoms with Gasteiger partial charge in [-0.25, -0.2) is 0 Å². The molecule has 4 nitrogen and oxygen atoms in total. The first kappa shape index (κ1) is 10.1. The number of carbonyl (C=O) groups excluding carboxylic acids is 2. The molecule has 0 spiro atoms. The third kappa shape index (κ3) is 3.72. The summed E-state index contributed by atoms with van der Waals surface area (Å²) in [6, 6.07) is 0. The molecule has 0 aliphatic carbocycles. The Balaban J connectivity index is 3.93. The van der Waals surface area contributed by atoms with E-state index in [-0.39, 0.29) is 12.3 Å². The van der Waals surface area contributed by atoms with Crippen molar-refractivity contribution >= 4 is 11.7 Å². The molecule has 64 valence electrons. The molecule has 1 atom stereocenters. The standard InChI is InChI=1S/C7H13NO3/c1-4(2)3-5(9)6(10)7(8)11/h4,6,10H,3H2,1-2H3,(H2,8,11). The second-order valence-electron chi connectivity index (χ2n) is 2.87. The maximum atomic E-state index is 10.8. The topological polar surface area (TPSA) is 80.4 Å². The molecule has 4 heteroatoms. The van der Waals surface area contributed by atoms with E-state index >= 15 is 0 Å². The number of primary amides is 1. The highest BCUT2D eigenvalue weighted by Crippen LogP contribution is 2.02. The second kappa shape index (κ2) is 4.08. The monoisotopic (exact) mass is 159 g/mol. The Kier molecular flexibility index (Phi) is 3.74. The summed E-state index contributed by atoms with van der Waals surface area (Å²) in [5, 5.41) is 8.82. The number of Topliss-reactive ketones (excluding diaryl/α,β-unsaturated/α-hetero) is 1. The zero-order valence-corrected chi connectivity index (χ0v) is 6.70. The molecular formula is C7H13NO3. The maximum Gasteiger partial charge on any atom is 0.254 e. The summed E-state index contributed by atoms with van der Waals surface area (Å²) in [4.78, 5) is 21.1. The van der Waals surface area contributed by atoms with Gasteiger partial charge in [0.2, 0.25) is 0 Å². The van der Waals surface area contributed by atoms with E-state index in [1.54, 1.807) is 0 Å². The number of ketones is 1. The third-order valence-corrected chi connectivity index (χ3v) is 1.18. The molecule has 1 unspecified atom stereocenters.